The van der Waals surface area contributed by atoms with Crippen molar-refractivity contribution in [1.82, 2.24) is 9.21 Å². The zero-order chi connectivity index (χ0) is 20.4. The number of nitrogens with zero attached hydrogens (tertiary/aromatic N) is 2. The van der Waals surface area contributed by atoms with E-state index in [0.717, 1.165) is 16.8 Å². The number of carbonyl (C=O) groups is 2. The first kappa shape index (κ1) is 21.7. The molecular formula is C18H25ClN2O5S. The van der Waals surface area contributed by atoms with E-state index in [1.807, 2.05) is 0 Å². The van der Waals surface area contributed by atoms with E-state index in [4.69, 9.17) is 16.3 Å². The Balaban J connectivity index is 2.09. The third-order valence-corrected chi connectivity index (χ3v) is 6.63. The van der Waals surface area contributed by atoms with Gasteiger partial charge in [-0.15, -0.1) is 0 Å². The summed E-state index contributed by atoms with van der Waals surface area (Å²) >= 11 is 6.02. The second-order valence-electron chi connectivity index (χ2n) is 7.25. The molecule has 9 heteroatoms. The Morgan fingerprint density at radius 3 is 2.37 bits per heavy atom. The van der Waals surface area contributed by atoms with Gasteiger partial charge in [0, 0.05) is 27.2 Å². The number of halogens is 1. The van der Waals surface area contributed by atoms with E-state index in [9.17, 15) is 18.0 Å². The lowest BCUT2D eigenvalue weighted by Gasteiger charge is -2.34. The molecule has 1 amide bonds. The molecule has 0 saturated carbocycles. The monoisotopic (exact) mass is 416 g/mol. The molecule has 0 radical (unpaired) electrons. The molecule has 0 unspecified atom stereocenters. The van der Waals surface area contributed by atoms with Crippen LogP contribution in [0.2, 0.25) is 5.02 Å². The second-order valence-corrected chi connectivity index (χ2v) is 9.81. The second kappa shape index (κ2) is 8.58. The highest BCUT2D eigenvalue weighted by atomic mass is 35.5. The smallest absolute Gasteiger partial charge is 0.340 e. The summed E-state index contributed by atoms with van der Waals surface area (Å²) in [5, 5.41) is 0.0605. The number of ether oxygens (including phenoxy) is 1. The van der Waals surface area contributed by atoms with Crippen LogP contribution in [-0.2, 0) is 19.6 Å². The van der Waals surface area contributed by atoms with Gasteiger partial charge >= 0.3 is 5.97 Å². The van der Waals surface area contributed by atoms with Crippen molar-refractivity contribution in [3.05, 3.63) is 28.8 Å². The quantitative estimate of drug-likeness (QED) is 0.687. The summed E-state index contributed by atoms with van der Waals surface area (Å²) in [5.41, 5.74) is -0.0900. The number of piperidine rings is 1. The summed E-state index contributed by atoms with van der Waals surface area (Å²) in [6.45, 7) is 5.03. The summed E-state index contributed by atoms with van der Waals surface area (Å²) < 4.78 is 30.6. The molecule has 150 valence electrons. The molecule has 1 saturated heterocycles. The van der Waals surface area contributed by atoms with E-state index in [1.54, 1.807) is 4.90 Å². The fourth-order valence-electron chi connectivity index (χ4n) is 3.19. The molecule has 1 fully saturated rings. The maximum atomic E-state index is 12.3. The normalized spacial score (nSPS) is 20.6. The Labute approximate surface area is 165 Å². The Bertz CT molecular complexity index is 815. The van der Waals surface area contributed by atoms with Gasteiger partial charge in [0.05, 0.1) is 15.5 Å². The molecule has 1 heterocycles. The molecule has 7 nitrogen and oxygen atoms in total. The molecule has 0 aromatic heterocycles. The van der Waals surface area contributed by atoms with Crippen molar-refractivity contribution in [2.24, 2.45) is 11.8 Å². The number of amides is 1. The Hall–Kier alpha value is -1.64. The van der Waals surface area contributed by atoms with Gasteiger partial charge in [-0.25, -0.2) is 17.5 Å². The molecule has 0 bridgehead atoms. The maximum absolute atomic E-state index is 12.3. The van der Waals surface area contributed by atoms with Crippen LogP contribution in [-0.4, -0.2) is 63.3 Å². The van der Waals surface area contributed by atoms with Gasteiger partial charge in [0.1, 0.15) is 0 Å². The van der Waals surface area contributed by atoms with Crippen LogP contribution in [0.3, 0.4) is 0 Å². The third kappa shape index (κ3) is 5.21. The van der Waals surface area contributed by atoms with E-state index in [2.05, 4.69) is 13.8 Å². The fourth-order valence-corrected chi connectivity index (χ4v) is 4.32. The van der Waals surface area contributed by atoms with Crippen LogP contribution in [0.1, 0.15) is 30.6 Å². The minimum atomic E-state index is -3.72. The highest BCUT2D eigenvalue weighted by Gasteiger charge is 2.27. The fraction of sp³-hybridized carbons (Fsp3) is 0.556. The molecule has 0 spiro atoms. The van der Waals surface area contributed by atoms with Crippen molar-refractivity contribution in [3.8, 4) is 0 Å². The van der Waals surface area contributed by atoms with E-state index in [0.29, 0.717) is 24.9 Å². The summed E-state index contributed by atoms with van der Waals surface area (Å²) in [6, 6.07) is 3.80. The first-order valence-electron chi connectivity index (χ1n) is 8.69. The predicted molar refractivity (Wildman–Crippen MR) is 102 cm³/mol. The lowest BCUT2D eigenvalue weighted by molar-refractivity contribution is -0.137. The van der Waals surface area contributed by atoms with Crippen molar-refractivity contribution < 1.29 is 22.7 Å². The number of benzene rings is 1. The highest BCUT2D eigenvalue weighted by molar-refractivity contribution is 7.89. The van der Waals surface area contributed by atoms with Gasteiger partial charge in [-0.2, -0.15) is 0 Å². The van der Waals surface area contributed by atoms with Crippen LogP contribution < -0.4 is 0 Å². The Morgan fingerprint density at radius 1 is 1.22 bits per heavy atom. The van der Waals surface area contributed by atoms with Crippen LogP contribution in [0.5, 0.6) is 0 Å². The van der Waals surface area contributed by atoms with E-state index in [1.165, 1.54) is 26.2 Å². The number of rotatable bonds is 5. The van der Waals surface area contributed by atoms with Crippen molar-refractivity contribution in [2.45, 2.75) is 25.2 Å². The van der Waals surface area contributed by atoms with Crippen molar-refractivity contribution in [1.29, 1.82) is 0 Å². The lowest BCUT2D eigenvalue weighted by Crippen LogP contribution is -2.44. The van der Waals surface area contributed by atoms with Crippen LogP contribution in [0.4, 0.5) is 0 Å². The van der Waals surface area contributed by atoms with Crippen LogP contribution in [0.15, 0.2) is 23.1 Å². The number of carbonyl (C=O) groups excluding carboxylic acids is 2. The highest BCUT2D eigenvalue weighted by Crippen LogP contribution is 2.24. The standard InChI is InChI=1S/C18H25ClN2O5S/c1-12-7-13(2)10-21(9-12)17(22)11-26-18(23)15-8-14(5-6-16(15)19)27(24,25)20(3)4/h5-6,8,12-13H,7,9-11H2,1-4H3/t12-,13-/m0/s1. The predicted octanol–water partition coefficient (Wildman–Crippen LogP) is 2.25. The number of sulfonamides is 1. The summed E-state index contributed by atoms with van der Waals surface area (Å²) in [6.07, 6.45) is 1.06. The topological polar surface area (TPSA) is 84.0 Å². The number of esters is 1. The first-order valence-corrected chi connectivity index (χ1v) is 10.5. The third-order valence-electron chi connectivity index (χ3n) is 4.48. The first-order chi connectivity index (χ1) is 12.5. The minimum absolute atomic E-state index is 0.0605. The molecule has 1 aromatic carbocycles. The summed E-state index contributed by atoms with van der Waals surface area (Å²) in [5.74, 6) is -0.302. The average molecular weight is 417 g/mol. The molecular weight excluding hydrogens is 392 g/mol. The van der Waals surface area contributed by atoms with E-state index in [-0.39, 0.29) is 21.4 Å². The van der Waals surface area contributed by atoms with Gasteiger partial charge in [-0.1, -0.05) is 25.4 Å². The van der Waals surface area contributed by atoms with Crippen LogP contribution >= 0.6 is 11.6 Å². The SMILES string of the molecule is C[C@H]1C[C@H](C)CN(C(=O)COC(=O)c2cc(S(=O)(=O)N(C)C)ccc2Cl)C1. The molecule has 2 rings (SSSR count). The number of likely N-dealkylation sites (tertiary alicyclic amines) is 1. The lowest BCUT2D eigenvalue weighted by atomic mass is 9.92. The van der Waals surface area contributed by atoms with Gasteiger partial charge < -0.3 is 9.64 Å². The molecule has 0 N–H and O–H groups in total. The molecule has 27 heavy (non-hydrogen) atoms. The molecule has 1 aromatic rings. The molecule has 1 aliphatic heterocycles. The van der Waals surface area contributed by atoms with Crippen molar-refractivity contribution in [3.63, 3.8) is 0 Å². The van der Waals surface area contributed by atoms with Gasteiger partial charge in [0.15, 0.2) is 6.61 Å². The van der Waals surface area contributed by atoms with Gasteiger partial charge in [0.2, 0.25) is 10.0 Å². The zero-order valence-corrected chi connectivity index (χ0v) is 17.5. The molecule has 0 aliphatic carbocycles. The van der Waals surface area contributed by atoms with Crippen molar-refractivity contribution >= 4 is 33.5 Å². The number of hydrogen-bond donors (Lipinski definition) is 0. The van der Waals surface area contributed by atoms with Gasteiger partial charge in [-0.05, 0) is 36.5 Å². The molecule has 1 aliphatic rings. The Kier molecular flexibility index (Phi) is 6.88. The van der Waals surface area contributed by atoms with E-state index < -0.39 is 22.6 Å². The summed E-state index contributed by atoms with van der Waals surface area (Å²) in [7, 11) is -0.938. The van der Waals surface area contributed by atoms with Gasteiger partial charge in [0.25, 0.3) is 5.91 Å². The van der Waals surface area contributed by atoms with Crippen LogP contribution in [0.25, 0.3) is 0 Å². The zero-order valence-electron chi connectivity index (χ0n) is 15.9. The van der Waals surface area contributed by atoms with Gasteiger partial charge in [-0.3, -0.25) is 4.79 Å². The summed E-state index contributed by atoms with van der Waals surface area (Å²) in [4.78, 5) is 26.3. The maximum Gasteiger partial charge on any atom is 0.340 e. The van der Waals surface area contributed by atoms with Crippen molar-refractivity contribution in [2.75, 3.05) is 33.8 Å². The number of hydrogen-bond acceptors (Lipinski definition) is 5. The minimum Gasteiger partial charge on any atom is -0.452 e. The van der Waals surface area contributed by atoms with Crippen LogP contribution in [0, 0.1) is 11.8 Å². The van der Waals surface area contributed by atoms with E-state index >= 15 is 0 Å². The average Bonchev–Trinajstić information content (AvgIpc) is 2.58. The molecule has 2 atom stereocenters. The Morgan fingerprint density at radius 2 is 1.81 bits per heavy atom. The largest absolute Gasteiger partial charge is 0.452 e.